The topological polar surface area (TPSA) is 104 Å². The number of halogens is 1. The lowest BCUT2D eigenvalue weighted by Crippen LogP contribution is -2.20. The van der Waals surface area contributed by atoms with E-state index in [1.165, 1.54) is 36.6 Å². The highest BCUT2D eigenvalue weighted by Crippen LogP contribution is 2.34. The first-order valence-corrected chi connectivity index (χ1v) is 8.47. The summed E-state index contributed by atoms with van der Waals surface area (Å²) in [7, 11) is 1.51. The van der Waals surface area contributed by atoms with Crippen molar-refractivity contribution in [3.05, 3.63) is 51.5 Å². The summed E-state index contributed by atoms with van der Waals surface area (Å²) >= 11 is 7.30. The van der Waals surface area contributed by atoms with Crippen molar-refractivity contribution in [3.8, 4) is 11.5 Å². The number of methoxy groups -OCH3 is 1. The van der Waals surface area contributed by atoms with Gasteiger partial charge in [-0.25, -0.2) is 4.98 Å². The molecule has 0 radical (unpaired) electrons. The van der Waals surface area contributed by atoms with Gasteiger partial charge in [-0.15, -0.1) is 0 Å². The third-order valence-electron chi connectivity index (χ3n) is 3.33. The number of hydrogen-bond donors (Lipinski definition) is 1. The number of rotatable bonds is 6. The molecule has 3 aromatic rings. The zero-order valence-electron chi connectivity index (χ0n) is 13.4. The third kappa shape index (κ3) is 3.84. The number of nitrogens with one attached hydrogen (secondary N) is 1. The van der Waals surface area contributed by atoms with Crippen molar-refractivity contribution >= 4 is 49.9 Å². The van der Waals surface area contributed by atoms with Gasteiger partial charge < -0.3 is 9.47 Å². The van der Waals surface area contributed by atoms with Crippen LogP contribution >= 0.6 is 22.9 Å². The van der Waals surface area contributed by atoms with Crippen LogP contribution in [-0.4, -0.2) is 29.5 Å². The minimum atomic E-state index is -0.572. The number of nitro groups is 1. The Labute approximate surface area is 156 Å². The Morgan fingerprint density at radius 2 is 2.12 bits per heavy atom. The first-order chi connectivity index (χ1) is 12.5. The Morgan fingerprint density at radius 3 is 2.85 bits per heavy atom. The molecule has 0 aliphatic carbocycles. The van der Waals surface area contributed by atoms with Crippen LogP contribution in [0.1, 0.15) is 0 Å². The molecule has 0 atom stereocenters. The van der Waals surface area contributed by atoms with Gasteiger partial charge in [0.25, 0.3) is 5.91 Å². The highest BCUT2D eigenvalue weighted by molar-refractivity contribution is 7.22. The predicted octanol–water partition coefficient (Wildman–Crippen LogP) is 3.88. The van der Waals surface area contributed by atoms with Crippen LogP contribution in [0.5, 0.6) is 11.5 Å². The van der Waals surface area contributed by atoms with Gasteiger partial charge in [-0.05, 0) is 12.1 Å². The zero-order valence-corrected chi connectivity index (χ0v) is 15.0. The van der Waals surface area contributed by atoms with Crippen molar-refractivity contribution in [3.63, 3.8) is 0 Å². The van der Waals surface area contributed by atoms with Crippen molar-refractivity contribution in [2.75, 3.05) is 19.0 Å². The number of carbonyl (C=O) groups is 1. The number of thiazole rings is 1. The summed E-state index contributed by atoms with van der Waals surface area (Å²) in [6.07, 6.45) is 0. The van der Waals surface area contributed by atoms with Crippen LogP contribution in [0.4, 0.5) is 10.8 Å². The van der Waals surface area contributed by atoms with Gasteiger partial charge in [0, 0.05) is 12.1 Å². The molecule has 1 aromatic heterocycles. The molecule has 0 spiro atoms. The molecular formula is C16H12ClN3O5S. The second-order valence-corrected chi connectivity index (χ2v) is 6.47. The minimum Gasteiger partial charge on any atom is -0.495 e. The summed E-state index contributed by atoms with van der Waals surface area (Å²) in [5.74, 6) is 0.0501. The van der Waals surface area contributed by atoms with Crippen LogP contribution in [0.3, 0.4) is 0 Å². The number of nitrogens with zero attached hydrogens (tertiary/aromatic N) is 2. The molecule has 0 aliphatic heterocycles. The molecule has 8 nitrogen and oxygen atoms in total. The number of aromatic nitrogens is 1. The van der Waals surface area contributed by atoms with Crippen molar-refractivity contribution in [1.29, 1.82) is 0 Å². The second-order valence-electron chi connectivity index (χ2n) is 5.04. The van der Waals surface area contributed by atoms with E-state index >= 15 is 0 Å². The molecule has 0 bridgehead atoms. The number of fused-ring (bicyclic) bond motifs is 1. The predicted molar refractivity (Wildman–Crippen MR) is 98.4 cm³/mol. The van der Waals surface area contributed by atoms with Gasteiger partial charge in [-0.1, -0.05) is 35.1 Å². The minimum absolute atomic E-state index is 0.0217. The molecule has 3 rings (SSSR count). The van der Waals surface area contributed by atoms with Gasteiger partial charge in [0.15, 0.2) is 17.5 Å². The van der Waals surface area contributed by atoms with E-state index in [1.807, 2.05) is 0 Å². The molecule has 0 aliphatic rings. The smallest absolute Gasteiger partial charge is 0.310 e. The summed E-state index contributed by atoms with van der Waals surface area (Å²) in [4.78, 5) is 26.7. The SMILES string of the molecule is COc1cc2sc(NC(=O)COc3ccccc3[N+](=O)[O-])nc2cc1Cl. The number of ether oxygens (including phenoxy) is 2. The Morgan fingerprint density at radius 1 is 1.35 bits per heavy atom. The molecule has 1 amide bonds. The monoisotopic (exact) mass is 393 g/mol. The first kappa shape index (κ1) is 17.9. The summed E-state index contributed by atoms with van der Waals surface area (Å²) in [6.45, 7) is -0.384. The van der Waals surface area contributed by atoms with Gasteiger partial charge in [0.2, 0.25) is 0 Å². The third-order valence-corrected chi connectivity index (χ3v) is 4.56. The van der Waals surface area contributed by atoms with Crippen molar-refractivity contribution in [2.45, 2.75) is 0 Å². The lowest BCUT2D eigenvalue weighted by molar-refractivity contribution is -0.385. The molecule has 1 N–H and O–H groups in total. The van der Waals surface area contributed by atoms with Crippen LogP contribution in [0.15, 0.2) is 36.4 Å². The Kier molecular flexibility index (Phi) is 5.19. The average molecular weight is 394 g/mol. The van der Waals surface area contributed by atoms with Crippen molar-refractivity contribution in [1.82, 2.24) is 4.98 Å². The Bertz CT molecular complexity index is 991. The standard InChI is InChI=1S/C16H12ClN3O5S/c1-24-13-7-14-10(6-9(13)17)18-16(26-14)19-15(21)8-25-12-5-3-2-4-11(12)20(22)23/h2-7H,8H2,1H3,(H,18,19,21). The second kappa shape index (κ2) is 7.54. The van der Waals surface area contributed by atoms with E-state index in [2.05, 4.69) is 10.3 Å². The number of para-hydroxylation sites is 2. The number of anilines is 1. The molecule has 134 valence electrons. The normalized spacial score (nSPS) is 10.5. The van der Waals surface area contributed by atoms with Crippen LogP contribution in [0.2, 0.25) is 5.02 Å². The fraction of sp³-hybridized carbons (Fsp3) is 0.125. The molecule has 26 heavy (non-hydrogen) atoms. The van der Waals surface area contributed by atoms with Gasteiger partial charge in [0.1, 0.15) is 5.75 Å². The molecule has 1 heterocycles. The van der Waals surface area contributed by atoms with Crippen LogP contribution in [-0.2, 0) is 4.79 Å². The number of nitro benzene ring substituents is 1. The molecule has 2 aromatic carbocycles. The van der Waals surface area contributed by atoms with E-state index in [-0.39, 0.29) is 18.0 Å². The van der Waals surface area contributed by atoms with E-state index in [9.17, 15) is 14.9 Å². The maximum Gasteiger partial charge on any atom is 0.310 e. The molecule has 0 saturated carbocycles. The van der Waals surface area contributed by atoms with Crippen LogP contribution < -0.4 is 14.8 Å². The summed E-state index contributed by atoms with van der Waals surface area (Å²) in [6, 6.07) is 9.21. The van der Waals surface area contributed by atoms with Crippen molar-refractivity contribution < 1.29 is 19.2 Å². The van der Waals surface area contributed by atoms with E-state index in [4.69, 9.17) is 21.1 Å². The maximum absolute atomic E-state index is 12.0. The van der Waals surface area contributed by atoms with Crippen LogP contribution in [0, 0.1) is 10.1 Å². The fourth-order valence-corrected chi connectivity index (χ4v) is 3.30. The lowest BCUT2D eigenvalue weighted by Gasteiger charge is -2.05. The first-order valence-electron chi connectivity index (χ1n) is 7.28. The average Bonchev–Trinajstić information content (AvgIpc) is 3.00. The quantitative estimate of drug-likeness (QED) is 0.503. The Balaban J connectivity index is 1.69. The van der Waals surface area contributed by atoms with Crippen molar-refractivity contribution in [2.24, 2.45) is 0 Å². The zero-order chi connectivity index (χ0) is 18.7. The van der Waals surface area contributed by atoms with E-state index in [1.54, 1.807) is 18.2 Å². The van der Waals surface area contributed by atoms with Gasteiger partial charge in [-0.3, -0.25) is 20.2 Å². The number of benzene rings is 2. The molecular weight excluding hydrogens is 382 g/mol. The molecule has 0 unspecified atom stereocenters. The largest absolute Gasteiger partial charge is 0.495 e. The van der Waals surface area contributed by atoms with Gasteiger partial charge >= 0.3 is 5.69 Å². The van der Waals surface area contributed by atoms with Gasteiger partial charge in [0.05, 0.1) is 27.3 Å². The summed E-state index contributed by atoms with van der Waals surface area (Å²) in [5.41, 5.74) is 0.415. The number of carbonyl (C=O) groups excluding carboxylic acids is 1. The molecule has 0 fully saturated rings. The Hall–Kier alpha value is -2.91. The number of amides is 1. The molecule has 10 heteroatoms. The van der Waals surface area contributed by atoms with E-state index in [0.29, 0.717) is 21.4 Å². The highest BCUT2D eigenvalue weighted by Gasteiger charge is 2.16. The number of hydrogen-bond acceptors (Lipinski definition) is 7. The van der Waals surface area contributed by atoms with E-state index in [0.717, 1.165) is 4.70 Å². The fourth-order valence-electron chi connectivity index (χ4n) is 2.17. The lowest BCUT2D eigenvalue weighted by atomic mass is 10.3. The van der Waals surface area contributed by atoms with Gasteiger partial charge in [-0.2, -0.15) is 0 Å². The van der Waals surface area contributed by atoms with E-state index < -0.39 is 10.8 Å². The molecule has 0 saturated heterocycles. The van der Waals surface area contributed by atoms with Crippen LogP contribution in [0.25, 0.3) is 10.2 Å². The summed E-state index contributed by atoms with van der Waals surface area (Å²) in [5, 5.41) is 14.3. The summed E-state index contributed by atoms with van der Waals surface area (Å²) < 4.78 is 11.2. The highest BCUT2D eigenvalue weighted by atomic mass is 35.5. The maximum atomic E-state index is 12.0.